The van der Waals surface area contributed by atoms with Gasteiger partial charge in [0.25, 0.3) is 0 Å². The molecule has 9 nitrogen and oxygen atoms in total. The molecule has 1 aliphatic rings. The van der Waals surface area contributed by atoms with Crippen LogP contribution in [-0.4, -0.2) is 46.6 Å². The quantitative estimate of drug-likeness (QED) is 0.356. The summed E-state index contributed by atoms with van der Waals surface area (Å²) in [5.41, 5.74) is 9.25. The molecule has 1 aliphatic heterocycles. The highest BCUT2D eigenvalue weighted by Gasteiger charge is 2.44. The minimum absolute atomic E-state index is 0.0743. The maximum atomic E-state index is 14.2. The maximum absolute atomic E-state index is 14.2. The van der Waals surface area contributed by atoms with Crippen molar-refractivity contribution in [2.75, 3.05) is 23.8 Å². The van der Waals surface area contributed by atoms with Crippen molar-refractivity contribution >= 4 is 44.2 Å². The number of hydrogen-bond donors (Lipinski definition) is 3. The van der Waals surface area contributed by atoms with Crippen LogP contribution in [0.5, 0.6) is 0 Å². The molecule has 0 saturated carbocycles. The van der Waals surface area contributed by atoms with Gasteiger partial charge in [0.05, 0.1) is 11.5 Å². The average molecular weight is 499 g/mol. The smallest absolute Gasteiger partial charge is 0.223 e. The van der Waals surface area contributed by atoms with Gasteiger partial charge in [-0.05, 0) is 37.6 Å². The van der Waals surface area contributed by atoms with Crippen LogP contribution in [0.4, 0.5) is 11.8 Å². The van der Waals surface area contributed by atoms with Crippen LogP contribution in [-0.2, 0) is 9.84 Å². The highest BCUT2D eigenvalue weighted by molar-refractivity contribution is 7.91. The number of aromatic nitrogens is 4. The summed E-state index contributed by atoms with van der Waals surface area (Å²) in [6, 6.07) is 8.57. The molecule has 1 aromatic carbocycles. The predicted octanol–water partition coefficient (Wildman–Crippen LogP) is 3.27. The number of hydrogen-bond acceptors (Lipinski definition) is 8. The third-order valence-electron chi connectivity index (χ3n) is 6.30. The largest absolute Gasteiger partial charge is 0.396 e. The summed E-state index contributed by atoms with van der Waals surface area (Å²) in [5.74, 6) is -0.247. The van der Waals surface area contributed by atoms with Crippen LogP contribution in [0.3, 0.4) is 0 Å². The normalized spacial score (nSPS) is 16.7. The lowest BCUT2D eigenvalue weighted by atomic mass is 10.1. The molecule has 176 valence electrons. The van der Waals surface area contributed by atoms with Crippen molar-refractivity contribution in [1.29, 1.82) is 0 Å². The Hall–Kier alpha value is -3.21. The molecule has 2 unspecified atom stereocenters. The van der Waals surface area contributed by atoms with Gasteiger partial charge in [-0.3, -0.25) is 0 Å². The SMILES string of the molecule is Cc1ccc(S(=O)(=O)C(c2cnc3[nH]ccc3c2C)N2CC(CO)c3c(Cl)nc(N)nc32)cc1. The summed E-state index contributed by atoms with van der Waals surface area (Å²) in [6.07, 6.45) is 3.33. The number of nitrogens with zero attached hydrogens (tertiary/aromatic N) is 4. The van der Waals surface area contributed by atoms with Crippen molar-refractivity contribution in [2.45, 2.75) is 30.0 Å². The Balaban J connectivity index is 1.78. The Kier molecular flexibility index (Phi) is 5.46. The monoisotopic (exact) mass is 498 g/mol. The highest BCUT2D eigenvalue weighted by atomic mass is 35.5. The summed E-state index contributed by atoms with van der Waals surface area (Å²) >= 11 is 6.37. The van der Waals surface area contributed by atoms with E-state index < -0.39 is 21.1 Å². The summed E-state index contributed by atoms with van der Waals surface area (Å²) in [4.78, 5) is 17.7. The molecule has 4 heterocycles. The molecule has 4 aromatic rings. The first-order chi connectivity index (χ1) is 16.2. The standard InChI is InChI=1S/C23H23ClN6O3S/c1-12-3-5-15(6-4-12)34(32,33)22(17-9-27-20-16(13(17)2)7-8-26-20)30-10-14(11-31)18-19(24)28-23(25)29-21(18)30/h3-9,14,22,31H,10-11H2,1-2H3,(H,26,27)(H2,25,28,29). The first kappa shape index (κ1) is 22.6. The van der Waals surface area contributed by atoms with Gasteiger partial charge in [0.2, 0.25) is 15.8 Å². The van der Waals surface area contributed by atoms with Crippen molar-refractivity contribution < 1.29 is 13.5 Å². The number of fused-ring (bicyclic) bond motifs is 2. The highest BCUT2D eigenvalue weighted by Crippen LogP contribution is 2.46. The van der Waals surface area contributed by atoms with Gasteiger partial charge in [0.15, 0.2) is 5.37 Å². The predicted molar refractivity (Wildman–Crippen MR) is 131 cm³/mol. The lowest BCUT2D eigenvalue weighted by Gasteiger charge is -2.31. The van der Waals surface area contributed by atoms with Gasteiger partial charge >= 0.3 is 0 Å². The Morgan fingerprint density at radius 2 is 1.97 bits per heavy atom. The molecular formula is C23H23ClN6O3S. The molecule has 2 atom stereocenters. The number of benzene rings is 1. The molecule has 0 fully saturated rings. The second-order valence-electron chi connectivity index (χ2n) is 8.43. The molecular weight excluding hydrogens is 476 g/mol. The average Bonchev–Trinajstić information content (AvgIpc) is 3.41. The van der Waals surface area contributed by atoms with Crippen molar-refractivity contribution in [2.24, 2.45) is 0 Å². The molecule has 0 bridgehead atoms. The van der Waals surface area contributed by atoms with Crippen molar-refractivity contribution in [3.8, 4) is 0 Å². The van der Waals surface area contributed by atoms with Crippen molar-refractivity contribution in [3.05, 3.63) is 70.1 Å². The van der Waals surface area contributed by atoms with Gasteiger partial charge in [0, 0.05) is 41.4 Å². The number of rotatable bonds is 5. The van der Waals surface area contributed by atoms with E-state index in [2.05, 4.69) is 19.9 Å². The molecule has 0 amide bonds. The number of nitrogens with two attached hydrogens (primary N) is 1. The lowest BCUT2D eigenvalue weighted by molar-refractivity contribution is 0.270. The zero-order valence-electron chi connectivity index (χ0n) is 18.5. The molecule has 0 aliphatic carbocycles. The van der Waals surface area contributed by atoms with E-state index in [1.54, 1.807) is 41.6 Å². The van der Waals surface area contributed by atoms with E-state index in [0.717, 1.165) is 16.5 Å². The summed E-state index contributed by atoms with van der Waals surface area (Å²) < 4.78 is 28.4. The maximum Gasteiger partial charge on any atom is 0.223 e. The second-order valence-corrected chi connectivity index (χ2v) is 10.8. The van der Waals surface area contributed by atoms with Crippen molar-refractivity contribution in [3.63, 3.8) is 0 Å². The van der Waals surface area contributed by atoms with Gasteiger partial charge in [0.1, 0.15) is 16.6 Å². The van der Waals surface area contributed by atoms with Gasteiger partial charge in [-0.15, -0.1) is 0 Å². The van der Waals surface area contributed by atoms with Crippen molar-refractivity contribution in [1.82, 2.24) is 19.9 Å². The number of aliphatic hydroxyl groups excluding tert-OH is 1. The van der Waals surface area contributed by atoms with E-state index >= 15 is 0 Å². The number of aromatic amines is 1. The molecule has 0 spiro atoms. The Labute approximate surface area is 201 Å². The zero-order valence-corrected chi connectivity index (χ0v) is 20.1. The topological polar surface area (TPSA) is 138 Å². The zero-order chi connectivity index (χ0) is 24.2. The number of anilines is 2. The van der Waals surface area contributed by atoms with E-state index in [4.69, 9.17) is 17.3 Å². The molecule has 11 heteroatoms. The summed E-state index contributed by atoms with van der Waals surface area (Å²) in [5, 5.41) is 9.80. The first-order valence-electron chi connectivity index (χ1n) is 10.7. The number of nitrogen functional groups attached to an aromatic ring is 1. The number of nitrogens with one attached hydrogen (secondary N) is 1. The van der Waals surface area contributed by atoms with Crippen LogP contribution >= 0.6 is 11.6 Å². The fraction of sp³-hybridized carbons (Fsp3) is 0.261. The van der Waals surface area contributed by atoms with Crippen LogP contribution in [0.2, 0.25) is 5.15 Å². The van der Waals surface area contributed by atoms with E-state index in [0.29, 0.717) is 22.6 Å². The summed E-state index contributed by atoms with van der Waals surface area (Å²) in [7, 11) is -3.98. The number of halogens is 1. The minimum atomic E-state index is -3.98. The van der Waals surface area contributed by atoms with Crippen LogP contribution in [0.15, 0.2) is 47.6 Å². The van der Waals surface area contributed by atoms with Crippen LogP contribution in [0, 0.1) is 13.8 Å². The number of sulfone groups is 1. The van der Waals surface area contributed by atoms with Crippen LogP contribution in [0.1, 0.15) is 33.5 Å². The lowest BCUT2D eigenvalue weighted by Crippen LogP contribution is -2.35. The Morgan fingerprint density at radius 3 is 2.68 bits per heavy atom. The molecule has 0 radical (unpaired) electrons. The number of pyridine rings is 1. The number of aliphatic hydroxyl groups is 1. The second kappa shape index (κ2) is 8.23. The molecule has 5 rings (SSSR count). The molecule has 3 aromatic heterocycles. The van der Waals surface area contributed by atoms with E-state index in [1.165, 1.54) is 0 Å². The van der Waals surface area contributed by atoms with Crippen LogP contribution < -0.4 is 10.6 Å². The summed E-state index contributed by atoms with van der Waals surface area (Å²) in [6.45, 7) is 3.69. The van der Waals surface area contributed by atoms with Gasteiger partial charge < -0.3 is 20.7 Å². The van der Waals surface area contributed by atoms with Gasteiger partial charge in [-0.2, -0.15) is 4.98 Å². The fourth-order valence-corrected chi connectivity index (χ4v) is 6.74. The van der Waals surface area contributed by atoms with E-state index in [-0.39, 0.29) is 29.1 Å². The molecule has 0 saturated heterocycles. The minimum Gasteiger partial charge on any atom is -0.396 e. The van der Waals surface area contributed by atoms with Gasteiger partial charge in [-0.25, -0.2) is 18.4 Å². The van der Waals surface area contributed by atoms with Gasteiger partial charge in [-0.1, -0.05) is 29.3 Å². The molecule has 4 N–H and O–H groups in total. The number of H-pyrrole nitrogens is 1. The molecule has 34 heavy (non-hydrogen) atoms. The van der Waals surface area contributed by atoms with E-state index in [1.807, 2.05) is 19.9 Å². The van der Waals surface area contributed by atoms with E-state index in [9.17, 15) is 13.5 Å². The Morgan fingerprint density at radius 1 is 1.24 bits per heavy atom. The Bertz CT molecular complexity index is 1500. The third-order valence-corrected chi connectivity index (χ3v) is 8.62. The van der Waals surface area contributed by atoms with Crippen LogP contribution in [0.25, 0.3) is 11.0 Å². The fourth-order valence-electron chi connectivity index (χ4n) is 4.55. The number of aryl methyl sites for hydroxylation is 2. The first-order valence-corrected chi connectivity index (χ1v) is 12.6. The third kappa shape index (κ3) is 3.49.